The Morgan fingerprint density at radius 2 is 1.82 bits per heavy atom. The molecule has 2 aromatic carbocycles. The second-order valence-corrected chi connectivity index (χ2v) is 10.3. The minimum atomic E-state index is -1.55. The molecule has 0 amide bonds. The number of ether oxygens (including phenoxy) is 3. The Bertz CT molecular complexity index is 1210. The maximum absolute atomic E-state index is 12.4. The van der Waals surface area contributed by atoms with Crippen molar-refractivity contribution >= 4 is 17.6 Å². The van der Waals surface area contributed by atoms with Gasteiger partial charge >= 0.3 is 5.97 Å². The Hall–Kier alpha value is -3.21. The molecule has 9 nitrogen and oxygen atoms in total. The van der Waals surface area contributed by atoms with Gasteiger partial charge in [-0.25, -0.2) is 4.79 Å². The monoisotopic (exact) mass is 537 g/mol. The molecular weight excluding hydrogens is 502 g/mol. The lowest BCUT2D eigenvalue weighted by Crippen LogP contribution is -2.61. The summed E-state index contributed by atoms with van der Waals surface area (Å²) in [6.45, 7) is 3.89. The predicted octanol–water partition coefficient (Wildman–Crippen LogP) is 2.48. The molecule has 0 bridgehead atoms. The molecule has 2 fully saturated rings. The number of aromatic hydroxyl groups is 1. The molecule has 9 heteroatoms. The zero-order valence-electron chi connectivity index (χ0n) is 21.8. The molecule has 0 spiro atoms. The van der Waals surface area contributed by atoms with Crippen LogP contribution >= 0.6 is 0 Å². The van der Waals surface area contributed by atoms with Gasteiger partial charge in [0.15, 0.2) is 6.10 Å². The van der Waals surface area contributed by atoms with Gasteiger partial charge < -0.3 is 34.6 Å². The highest BCUT2D eigenvalue weighted by atomic mass is 16.7. The number of phenolic OH excluding ortho intramolecular Hbond substituents is 1. The zero-order chi connectivity index (χ0) is 27.5. The van der Waals surface area contributed by atoms with Crippen molar-refractivity contribution < 1.29 is 39.4 Å². The summed E-state index contributed by atoms with van der Waals surface area (Å²) in [5.74, 6) is -0.248. The van der Waals surface area contributed by atoms with Gasteiger partial charge in [-0.15, -0.1) is 0 Å². The molecule has 0 aliphatic carbocycles. The number of carbonyl (C=O) groups is 1. The number of rotatable bonds is 7. The van der Waals surface area contributed by atoms with Crippen LogP contribution in [-0.2, 0) is 14.3 Å². The first-order valence-electron chi connectivity index (χ1n) is 13.3. The largest absolute Gasteiger partial charge is 0.508 e. The molecule has 0 saturated carbocycles. The highest BCUT2D eigenvalue weighted by molar-refractivity contribution is 5.87. The average molecular weight is 538 g/mol. The number of aliphatic hydroxyl groups is 3. The lowest BCUT2D eigenvalue weighted by Gasteiger charge is -2.41. The maximum atomic E-state index is 12.4. The summed E-state index contributed by atoms with van der Waals surface area (Å²) in [5.41, 5.74) is 4.57. The second kappa shape index (κ2) is 11.9. The normalized spacial score (nSPS) is 29.4. The molecule has 2 saturated heterocycles. The number of nitrogens with zero attached hydrogens (tertiary/aromatic N) is 1. The van der Waals surface area contributed by atoms with Crippen LogP contribution in [0.15, 0.2) is 60.2 Å². The summed E-state index contributed by atoms with van der Waals surface area (Å²) >= 11 is 0. The van der Waals surface area contributed by atoms with Crippen molar-refractivity contribution in [1.29, 1.82) is 0 Å². The third kappa shape index (κ3) is 6.03. The molecule has 3 aliphatic rings. The van der Waals surface area contributed by atoms with Crippen LogP contribution in [0.1, 0.15) is 37.3 Å². The van der Waals surface area contributed by atoms with Gasteiger partial charge in [0.1, 0.15) is 29.8 Å². The average Bonchev–Trinajstić information content (AvgIpc) is 3.43. The quantitative estimate of drug-likeness (QED) is 0.311. The van der Waals surface area contributed by atoms with Gasteiger partial charge in [0.2, 0.25) is 6.29 Å². The van der Waals surface area contributed by atoms with Crippen molar-refractivity contribution in [2.24, 2.45) is 0 Å². The number of aliphatic hydroxyl groups excluding tert-OH is 3. The first kappa shape index (κ1) is 27.4. The molecule has 39 heavy (non-hydrogen) atoms. The Balaban J connectivity index is 1.21. The van der Waals surface area contributed by atoms with Crippen molar-refractivity contribution in [1.82, 2.24) is 4.90 Å². The summed E-state index contributed by atoms with van der Waals surface area (Å²) < 4.78 is 16.8. The fraction of sp³-hybridized carbons (Fsp3) is 0.433. The summed E-state index contributed by atoms with van der Waals surface area (Å²) in [7, 11) is 0. The number of carbonyl (C=O) groups excluding carboxylic acids is 1. The topological polar surface area (TPSA) is 129 Å². The van der Waals surface area contributed by atoms with E-state index >= 15 is 0 Å². The van der Waals surface area contributed by atoms with Gasteiger partial charge in [0.25, 0.3) is 0 Å². The predicted molar refractivity (Wildman–Crippen MR) is 144 cm³/mol. The SMILES string of the molecule is CC1=C(c2ccc(O[C@H]3O[C@@H](CO)[C@H](OC(=O)C=Cc4ccc(O)cc4)[C@@H](O)[C@@H]3O)cc2)CCN2CCC[C@@H]12. The highest BCUT2D eigenvalue weighted by Crippen LogP contribution is 2.36. The summed E-state index contributed by atoms with van der Waals surface area (Å²) in [6.07, 6.45) is -0.683. The van der Waals surface area contributed by atoms with E-state index in [0.29, 0.717) is 17.4 Å². The standard InChI is InChI=1S/C30H35NO8/c1-18-23(14-16-31-15-2-3-24(18)31)20-7-11-22(12-8-20)37-30-28(36)27(35)29(25(17-32)38-30)39-26(34)13-6-19-4-9-21(33)10-5-19/h4-13,24-25,27-30,32-33,35-36H,2-3,14-17H2,1H3/t24-,25-,27-,28-,29-,30-/m0/s1. The molecule has 0 aromatic heterocycles. The lowest BCUT2D eigenvalue weighted by molar-refractivity contribution is -0.280. The van der Waals surface area contributed by atoms with E-state index < -0.39 is 43.3 Å². The number of hydrogen-bond donors (Lipinski definition) is 4. The molecule has 2 aromatic rings. The van der Waals surface area contributed by atoms with Crippen LogP contribution in [0.3, 0.4) is 0 Å². The molecule has 4 N–H and O–H groups in total. The van der Waals surface area contributed by atoms with Gasteiger partial charge in [-0.3, -0.25) is 4.90 Å². The first-order valence-corrected chi connectivity index (χ1v) is 13.3. The van der Waals surface area contributed by atoms with Crippen molar-refractivity contribution in [2.75, 3.05) is 19.7 Å². The second-order valence-electron chi connectivity index (χ2n) is 10.3. The Morgan fingerprint density at radius 1 is 1.08 bits per heavy atom. The van der Waals surface area contributed by atoms with E-state index in [4.69, 9.17) is 14.2 Å². The van der Waals surface area contributed by atoms with Gasteiger partial charge in [-0.05, 0) is 79.8 Å². The minimum absolute atomic E-state index is 0.0989. The fourth-order valence-electron chi connectivity index (χ4n) is 5.70. The summed E-state index contributed by atoms with van der Waals surface area (Å²) in [5, 5.41) is 40.6. The van der Waals surface area contributed by atoms with Crippen LogP contribution in [0.5, 0.6) is 11.5 Å². The molecule has 5 rings (SSSR count). The van der Waals surface area contributed by atoms with Gasteiger partial charge in [-0.2, -0.15) is 0 Å². The number of fused-ring (bicyclic) bond motifs is 1. The number of hydrogen-bond acceptors (Lipinski definition) is 9. The van der Waals surface area contributed by atoms with E-state index in [0.717, 1.165) is 24.6 Å². The highest BCUT2D eigenvalue weighted by Gasteiger charge is 2.47. The molecule has 0 radical (unpaired) electrons. The van der Waals surface area contributed by atoms with E-state index in [2.05, 4.69) is 11.8 Å². The van der Waals surface area contributed by atoms with E-state index in [1.54, 1.807) is 24.3 Å². The van der Waals surface area contributed by atoms with Crippen molar-refractivity contribution in [3.8, 4) is 11.5 Å². The maximum Gasteiger partial charge on any atom is 0.331 e. The van der Waals surface area contributed by atoms with Crippen molar-refractivity contribution in [3.05, 3.63) is 71.3 Å². The van der Waals surface area contributed by atoms with Gasteiger partial charge in [-0.1, -0.05) is 29.8 Å². The number of phenols is 1. The van der Waals surface area contributed by atoms with Crippen LogP contribution in [-0.4, -0.2) is 87.7 Å². The van der Waals surface area contributed by atoms with Crippen LogP contribution in [0.25, 0.3) is 11.6 Å². The van der Waals surface area contributed by atoms with Crippen LogP contribution in [0, 0.1) is 0 Å². The Kier molecular flexibility index (Phi) is 8.34. The first-order chi connectivity index (χ1) is 18.8. The molecule has 3 aliphatic heterocycles. The van der Waals surface area contributed by atoms with E-state index in [1.807, 2.05) is 12.1 Å². The van der Waals surface area contributed by atoms with E-state index in [1.165, 1.54) is 48.7 Å². The Morgan fingerprint density at radius 3 is 2.54 bits per heavy atom. The van der Waals surface area contributed by atoms with Crippen LogP contribution in [0.4, 0.5) is 0 Å². The van der Waals surface area contributed by atoms with Crippen molar-refractivity contribution in [3.63, 3.8) is 0 Å². The molecule has 6 atom stereocenters. The zero-order valence-corrected chi connectivity index (χ0v) is 21.8. The van der Waals surface area contributed by atoms with Crippen LogP contribution < -0.4 is 4.74 Å². The third-order valence-corrected chi connectivity index (χ3v) is 7.82. The molecule has 208 valence electrons. The van der Waals surface area contributed by atoms with Crippen LogP contribution in [0.2, 0.25) is 0 Å². The van der Waals surface area contributed by atoms with Gasteiger partial charge in [0, 0.05) is 18.7 Å². The minimum Gasteiger partial charge on any atom is -0.508 e. The van der Waals surface area contributed by atoms with E-state index in [9.17, 15) is 25.2 Å². The van der Waals surface area contributed by atoms with Crippen molar-refractivity contribution in [2.45, 2.75) is 62.9 Å². The Labute approximate surface area is 227 Å². The number of esters is 1. The lowest BCUT2D eigenvalue weighted by atomic mass is 9.89. The summed E-state index contributed by atoms with van der Waals surface area (Å²) in [4.78, 5) is 14.9. The number of benzene rings is 2. The van der Waals surface area contributed by atoms with Gasteiger partial charge in [0.05, 0.1) is 6.61 Å². The molecular formula is C30H35NO8. The molecule has 3 heterocycles. The summed E-state index contributed by atoms with van der Waals surface area (Å²) in [6, 6.07) is 14.3. The smallest absolute Gasteiger partial charge is 0.331 e. The third-order valence-electron chi connectivity index (χ3n) is 7.82. The fourth-order valence-corrected chi connectivity index (χ4v) is 5.70. The molecule has 0 unspecified atom stereocenters. The van der Waals surface area contributed by atoms with E-state index in [-0.39, 0.29) is 5.75 Å².